The van der Waals surface area contributed by atoms with Crippen LogP contribution in [0.2, 0.25) is 0 Å². The first-order valence-corrected chi connectivity index (χ1v) is 24.3. The first-order valence-electron chi connectivity index (χ1n) is 21.3. The SMILES string of the molecule is Cc1cccc(CNc2cccc3c(O)c(NC(=O)c4ccccc4)cc(N=Nc4ccc(S(=O)(=O)Nc5ccc(N6CCOCC6)c(S(=O)(=O)Nc6cc(C)c(C)cc6O)c5)cc4C#N)c23)c1. The molecule has 346 valence electrons. The fourth-order valence-corrected chi connectivity index (χ4v) is 10.1. The number of rotatable bonds is 14. The second kappa shape index (κ2) is 19.5. The van der Waals surface area contributed by atoms with Crippen molar-refractivity contribution in [3.8, 4) is 17.6 Å². The van der Waals surface area contributed by atoms with Crippen LogP contribution in [0, 0.1) is 32.1 Å². The molecule has 0 radical (unpaired) electrons. The molecule has 18 heteroatoms. The van der Waals surface area contributed by atoms with Crippen LogP contribution in [-0.2, 0) is 31.3 Å². The molecule has 0 bridgehead atoms. The van der Waals surface area contributed by atoms with Gasteiger partial charge in [-0.05, 0) is 110 Å². The minimum absolute atomic E-state index is 0.0108. The minimum Gasteiger partial charge on any atom is -0.506 e. The lowest BCUT2D eigenvalue weighted by molar-refractivity contribution is 0.102. The zero-order valence-corrected chi connectivity index (χ0v) is 38.7. The molecular formula is C50H46N8O8S2. The summed E-state index contributed by atoms with van der Waals surface area (Å²) >= 11 is 0. The van der Waals surface area contributed by atoms with Crippen LogP contribution in [0.25, 0.3) is 10.8 Å². The molecule has 1 aliphatic rings. The van der Waals surface area contributed by atoms with Crippen molar-refractivity contribution >= 4 is 76.5 Å². The summed E-state index contributed by atoms with van der Waals surface area (Å²) < 4.78 is 66.5. The number of carbonyl (C=O) groups excluding carboxylic acids is 1. The molecule has 1 saturated heterocycles. The quantitative estimate of drug-likeness (QED) is 0.0443. The van der Waals surface area contributed by atoms with Crippen molar-refractivity contribution in [2.75, 3.05) is 51.3 Å². The molecule has 1 fully saturated rings. The number of phenolic OH excluding ortho intramolecular Hbond substituents is 2. The van der Waals surface area contributed by atoms with Crippen LogP contribution < -0.4 is 25.0 Å². The number of sulfonamides is 2. The minimum atomic E-state index is -4.46. The van der Waals surface area contributed by atoms with Crippen molar-refractivity contribution in [3.05, 3.63) is 161 Å². The van der Waals surface area contributed by atoms with E-state index in [1.807, 2.05) is 48.2 Å². The molecule has 1 amide bonds. The van der Waals surface area contributed by atoms with E-state index in [0.29, 0.717) is 60.6 Å². The van der Waals surface area contributed by atoms with Gasteiger partial charge in [-0.25, -0.2) is 16.8 Å². The lowest BCUT2D eigenvalue weighted by Crippen LogP contribution is -2.37. The monoisotopic (exact) mass is 950 g/mol. The summed E-state index contributed by atoms with van der Waals surface area (Å²) in [4.78, 5) is 14.5. The van der Waals surface area contributed by atoms with Crippen LogP contribution in [0.3, 0.4) is 0 Å². The maximum Gasteiger partial charge on any atom is 0.264 e. The number of azo groups is 1. The number of nitriles is 1. The number of aryl methyl sites for hydroxylation is 3. The summed E-state index contributed by atoms with van der Waals surface area (Å²) in [5, 5.41) is 48.4. The van der Waals surface area contributed by atoms with E-state index in [1.54, 1.807) is 56.3 Å². The molecule has 8 rings (SSSR count). The lowest BCUT2D eigenvalue weighted by atomic mass is 10.0. The second-order valence-electron chi connectivity index (χ2n) is 16.1. The van der Waals surface area contributed by atoms with E-state index in [2.05, 4.69) is 30.3 Å². The van der Waals surface area contributed by atoms with Crippen molar-refractivity contribution in [1.82, 2.24) is 0 Å². The second-order valence-corrected chi connectivity index (χ2v) is 19.5. The van der Waals surface area contributed by atoms with Crippen LogP contribution in [-0.4, -0.2) is 59.3 Å². The molecule has 1 aliphatic heterocycles. The number of phenols is 2. The van der Waals surface area contributed by atoms with Crippen molar-refractivity contribution < 1.29 is 36.6 Å². The Balaban J connectivity index is 1.12. The van der Waals surface area contributed by atoms with Gasteiger partial charge in [-0.1, -0.05) is 60.2 Å². The largest absolute Gasteiger partial charge is 0.506 e. The Hall–Kier alpha value is -7.98. The van der Waals surface area contributed by atoms with Gasteiger partial charge in [0.05, 0.1) is 52.1 Å². The number of carbonyl (C=O) groups is 1. The summed E-state index contributed by atoms with van der Waals surface area (Å²) in [6.07, 6.45) is 0. The molecule has 68 heavy (non-hydrogen) atoms. The molecule has 0 spiro atoms. The van der Waals surface area contributed by atoms with E-state index in [9.17, 15) is 37.1 Å². The Kier molecular flexibility index (Phi) is 13.3. The number of amides is 1. The first-order chi connectivity index (χ1) is 32.6. The van der Waals surface area contributed by atoms with Gasteiger partial charge in [0.1, 0.15) is 28.2 Å². The number of ether oxygens (including phenoxy) is 1. The van der Waals surface area contributed by atoms with Gasteiger partial charge in [0.25, 0.3) is 26.0 Å². The molecule has 0 saturated carbocycles. The number of morpholine rings is 1. The van der Waals surface area contributed by atoms with E-state index >= 15 is 0 Å². The number of anilines is 5. The average molecular weight is 951 g/mol. The normalized spacial score (nSPS) is 13.0. The fourth-order valence-electron chi connectivity index (χ4n) is 7.69. The number of aromatic hydroxyl groups is 2. The molecule has 6 N–H and O–H groups in total. The van der Waals surface area contributed by atoms with Gasteiger partial charge < -0.3 is 30.5 Å². The Labute approximate surface area is 393 Å². The van der Waals surface area contributed by atoms with E-state index in [4.69, 9.17) is 4.74 Å². The maximum atomic E-state index is 14.1. The van der Waals surface area contributed by atoms with E-state index in [1.165, 1.54) is 48.5 Å². The maximum absolute atomic E-state index is 14.1. The number of nitrogens with zero attached hydrogens (tertiary/aromatic N) is 4. The number of nitrogens with one attached hydrogen (secondary N) is 4. The van der Waals surface area contributed by atoms with Crippen molar-refractivity contribution in [3.63, 3.8) is 0 Å². The molecule has 7 aromatic rings. The molecule has 16 nitrogen and oxygen atoms in total. The molecule has 0 aliphatic carbocycles. The standard InChI is InChI=1S/C50H46N8O8S2/c1-31-9-7-10-34(23-31)30-52-41-14-8-13-39-48(41)43(28-44(49(39)60)53-50(61)35-11-5-4-6-12-35)55-54-40-17-16-38(26-36(40)29-51)67(62,63)56-37-15-18-45(58-19-21-66-22-20-58)47(27-37)68(64,65)57-42-24-32(2)33(3)25-46(42)59/h4-18,23-28,52,56-57,59-60H,19-22,30H2,1-3H3,(H,53,61). The van der Waals surface area contributed by atoms with Gasteiger partial charge in [0.2, 0.25) is 0 Å². The van der Waals surface area contributed by atoms with Crippen LogP contribution in [0.1, 0.15) is 38.2 Å². The highest BCUT2D eigenvalue weighted by atomic mass is 32.2. The molecule has 7 aromatic carbocycles. The topological polar surface area (TPSA) is 235 Å². The highest BCUT2D eigenvalue weighted by Gasteiger charge is 2.27. The smallest absolute Gasteiger partial charge is 0.264 e. The summed E-state index contributed by atoms with van der Waals surface area (Å²) in [5.74, 6) is -0.962. The highest BCUT2D eigenvalue weighted by molar-refractivity contribution is 7.93. The third kappa shape index (κ3) is 10.2. The van der Waals surface area contributed by atoms with Crippen LogP contribution in [0.4, 0.5) is 39.8 Å². The van der Waals surface area contributed by atoms with Gasteiger partial charge in [0.15, 0.2) is 0 Å². The molecule has 0 aromatic heterocycles. The molecule has 0 atom stereocenters. The number of fused-ring (bicyclic) bond motifs is 1. The average Bonchev–Trinajstić information content (AvgIpc) is 3.33. The van der Waals surface area contributed by atoms with Crippen LogP contribution in [0.15, 0.2) is 147 Å². The highest BCUT2D eigenvalue weighted by Crippen LogP contribution is 2.44. The van der Waals surface area contributed by atoms with Gasteiger partial charge >= 0.3 is 0 Å². The summed E-state index contributed by atoms with van der Waals surface area (Å²) in [7, 11) is -8.88. The predicted octanol–water partition coefficient (Wildman–Crippen LogP) is 9.77. The molecule has 1 heterocycles. The van der Waals surface area contributed by atoms with E-state index in [-0.39, 0.29) is 55.3 Å². The van der Waals surface area contributed by atoms with E-state index in [0.717, 1.165) is 28.3 Å². The Morgan fingerprint density at radius 1 is 0.735 bits per heavy atom. The molecule has 0 unspecified atom stereocenters. The van der Waals surface area contributed by atoms with Crippen LogP contribution in [0.5, 0.6) is 11.5 Å². The Morgan fingerprint density at radius 2 is 1.47 bits per heavy atom. The number of hydrogen-bond donors (Lipinski definition) is 6. The summed E-state index contributed by atoms with van der Waals surface area (Å²) in [6, 6.07) is 35.9. The molecular weight excluding hydrogens is 905 g/mol. The van der Waals surface area contributed by atoms with Gasteiger partial charge in [0, 0.05) is 41.7 Å². The Bertz CT molecular complexity index is 3390. The predicted molar refractivity (Wildman–Crippen MR) is 263 cm³/mol. The Morgan fingerprint density at radius 3 is 2.22 bits per heavy atom. The zero-order valence-electron chi connectivity index (χ0n) is 37.1. The number of hydrogen-bond acceptors (Lipinski definition) is 13. The van der Waals surface area contributed by atoms with Gasteiger partial charge in [-0.3, -0.25) is 14.2 Å². The van der Waals surface area contributed by atoms with Crippen molar-refractivity contribution in [2.24, 2.45) is 10.2 Å². The van der Waals surface area contributed by atoms with E-state index < -0.39 is 26.0 Å². The summed E-state index contributed by atoms with van der Waals surface area (Å²) in [6.45, 7) is 7.44. The van der Waals surface area contributed by atoms with Crippen molar-refractivity contribution in [1.29, 1.82) is 5.26 Å². The van der Waals surface area contributed by atoms with Crippen LogP contribution >= 0.6 is 0 Å². The number of benzene rings is 7. The fraction of sp³-hybridized carbons (Fsp3) is 0.160. The van der Waals surface area contributed by atoms with Crippen molar-refractivity contribution in [2.45, 2.75) is 37.1 Å². The lowest BCUT2D eigenvalue weighted by Gasteiger charge is -2.30. The first kappa shape index (κ1) is 46.5. The van der Waals surface area contributed by atoms with Gasteiger partial charge in [-0.2, -0.15) is 5.26 Å². The third-order valence-electron chi connectivity index (χ3n) is 11.3. The van der Waals surface area contributed by atoms with Gasteiger partial charge in [-0.15, -0.1) is 10.2 Å². The third-order valence-corrected chi connectivity index (χ3v) is 14.1. The summed E-state index contributed by atoms with van der Waals surface area (Å²) in [5.41, 5.74) is 4.82. The zero-order chi connectivity index (χ0) is 48.2.